The average molecular weight is 341 g/mol. The number of carbonyl (C=O) groups excluding carboxylic acids is 1. The molecule has 0 radical (unpaired) electrons. The Labute approximate surface area is 147 Å². The molecule has 2 aromatic rings. The van der Waals surface area contributed by atoms with Gasteiger partial charge in [-0.05, 0) is 54.7 Å². The van der Waals surface area contributed by atoms with Crippen LogP contribution in [0.25, 0.3) is 10.4 Å². The summed E-state index contributed by atoms with van der Waals surface area (Å²) in [5.41, 5.74) is 2.21. The van der Waals surface area contributed by atoms with Crippen LogP contribution in [0, 0.1) is 5.41 Å². The molecule has 2 fully saturated rings. The first-order valence-electron chi connectivity index (χ1n) is 8.77. The van der Waals surface area contributed by atoms with Crippen LogP contribution in [0.1, 0.15) is 31.2 Å². The molecule has 1 aliphatic heterocycles. The quantitative estimate of drug-likeness (QED) is 0.891. The summed E-state index contributed by atoms with van der Waals surface area (Å²) in [7, 11) is 0. The van der Waals surface area contributed by atoms with Crippen molar-refractivity contribution in [2.24, 2.45) is 5.41 Å². The van der Waals surface area contributed by atoms with Crippen LogP contribution in [0.5, 0.6) is 0 Å². The molecule has 24 heavy (non-hydrogen) atoms. The second-order valence-corrected chi connectivity index (χ2v) is 7.90. The largest absolute Gasteiger partial charge is 0.381 e. The van der Waals surface area contributed by atoms with Crippen molar-refractivity contribution in [3.05, 3.63) is 47.3 Å². The van der Waals surface area contributed by atoms with Gasteiger partial charge in [0, 0.05) is 24.1 Å². The van der Waals surface area contributed by atoms with Gasteiger partial charge in [0.25, 0.3) is 0 Å². The van der Waals surface area contributed by atoms with Gasteiger partial charge in [-0.3, -0.25) is 4.79 Å². The van der Waals surface area contributed by atoms with E-state index < -0.39 is 0 Å². The summed E-state index contributed by atoms with van der Waals surface area (Å²) in [6, 6.07) is 13.2. The first-order valence-corrected chi connectivity index (χ1v) is 9.65. The Hall–Kier alpha value is -1.65. The van der Waals surface area contributed by atoms with E-state index in [1.165, 1.54) is 16.0 Å². The summed E-state index contributed by atoms with van der Waals surface area (Å²) < 4.78 is 5.56. The maximum atomic E-state index is 13.0. The minimum absolute atomic E-state index is 0.231. The van der Waals surface area contributed by atoms with E-state index in [9.17, 15) is 4.79 Å². The number of thiophene rings is 1. The number of rotatable bonds is 5. The van der Waals surface area contributed by atoms with Crippen LogP contribution in [0.4, 0.5) is 0 Å². The minimum Gasteiger partial charge on any atom is -0.381 e. The van der Waals surface area contributed by atoms with E-state index >= 15 is 0 Å². The fourth-order valence-corrected chi connectivity index (χ4v) is 4.31. The SMILES string of the molecule is O=C(NC1CC1)C1(Cc2ccccc2-c2cccs2)CCOCC1. The molecule has 3 nitrogen and oxygen atoms in total. The van der Waals surface area contributed by atoms with Crippen LogP contribution in [0.3, 0.4) is 0 Å². The van der Waals surface area contributed by atoms with Crippen LogP contribution in [0.15, 0.2) is 41.8 Å². The molecular formula is C20H23NO2S. The maximum Gasteiger partial charge on any atom is 0.226 e. The van der Waals surface area contributed by atoms with Gasteiger partial charge in [-0.25, -0.2) is 0 Å². The number of hydrogen-bond donors (Lipinski definition) is 1. The first kappa shape index (κ1) is 15.9. The van der Waals surface area contributed by atoms with Crippen LogP contribution in [-0.2, 0) is 16.0 Å². The first-order chi connectivity index (χ1) is 11.8. The van der Waals surface area contributed by atoms with E-state index in [0.717, 1.165) is 32.1 Å². The van der Waals surface area contributed by atoms with E-state index in [4.69, 9.17) is 4.74 Å². The van der Waals surface area contributed by atoms with E-state index in [-0.39, 0.29) is 11.3 Å². The number of ether oxygens (including phenoxy) is 1. The fraction of sp³-hybridized carbons (Fsp3) is 0.450. The molecular weight excluding hydrogens is 318 g/mol. The summed E-state index contributed by atoms with van der Waals surface area (Å²) in [5.74, 6) is 0.231. The monoisotopic (exact) mass is 341 g/mol. The molecule has 1 aromatic carbocycles. The molecule has 0 atom stereocenters. The van der Waals surface area contributed by atoms with Gasteiger partial charge < -0.3 is 10.1 Å². The molecule has 1 saturated heterocycles. The fourth-order valence-electron chi connectivity index (χ4n) is 3.52. The molecule has 1 aromatic heterocycles. The standard InChI is InChI=1S/C20H23NO2S/c22-19(21-16-7-8-16)20(9-11-23-12-10-20)14-15-4-1-2-5-17(15)18-6-3-13-24-18/h1-6,13,16H,7-12,14H2,(H,21,22). The molecule has 0 bridgehead atoms. The molecule has 1 aliphatic carbocycles. The molecule has 0 spiro atoms. The van der Waals surface area contributed by atoms with Crippen LogP contribution in [-0.4, -0.2) is 25.2 Å². The Bertz CT molecular complexity index is 700. The number of benzene rings is 1. The summed E-state index contributed by atoms with van der Waals surface area (Å²) in [4.78, 5) is 14.3. The lowest BCUT2D eigenvalue weighted by Crippen LogP contribution is -2.46. The van der Waals surface area contributed by atoms with Crippen molar-refractivity contribution in [2.75, 3.05) is 13.2 Å². The lowest BCUT2D eigenvalue weighted by atomic mass is 9.73. The van der Waals surface area contributed by atoms with Crippen molar-refractivity contribution in [1.29, 1.82) is 0 Å². The third-order valence-electron chi connectivity index (χ3n) is 5.18. The highest BCUT2D eigenvalue weighted by atomic mass is 32.1. The molecule has 1 amide bonds. The summed E-state index contributed by atoms with van der Waals surface area (Å²) >= 11 is 1.75. The molecule has 0 unspecified atom stereocenters. The Morgan fingerprint density at radius 1 is 1.17 bits per heavy atom. The maximum absolute atomic E-state index is 13.0. The molecule has 4 heteroatoms. The van der Waals surface area contributed by atoms with Gasteiger partial charge in [-0.15, -0.1) is 11.3 Å². The molecule has 1 saturated carbocycles. The highest BCUT2D eigenvalue weighted by molar-refractivity contribution is 7.13. The second kappa shape index (κ2) is 6.69. The number of nitrogens with one attached hydrogen (secondary N) is 1. The predicted molar refractivity (Wildman–Crippen MR) is 97.1 cm³/mol. The van der Waals surface area contributed by atoms with Crippen LogP contribution in [0.2, 0.25) is 0 Å². The van der Waals surface area contributed by atoms with Gasteiger partial charge in [0.05, 0.1) is 5.41 Å². The molecule has 2 heterocycles. The zero-order chi connectivity index (χ0) is 16.4. The Morgan fingerprint density at radius 2 is 1.96 bits per heavy atom. The normalized spacial score (nSPS) is 19.8. The van der Waals surface area contributed by atoms with Crippen molar-refractivity contribution in [1.82, 2.24) is 5.32 Å². The summed E-state index contributed by atoms with van der Waals surface area (Å²) in [5, 5.41) is 5.35. The van der Waals surface area contributed by atoms with Gasteiger partial charge in [0.1, 0.15) is 0 Å². The van der Waals surface area contributed by atoms with Crippen molar-refractivity contribution in [2.45, 2.75) is 38.1 Å². The highest BCUT2D eigenvalue weighted by Crippen LogP contribution is 2.39. The van der Waals surface area contributed by atoms with Gasteiger partial charge in [0.15, 0.2) is 0 Å². The molecule has 1 N–H and O–H groups in total. The third kappa shape index (κ3) is 3.26. The zero-order valence-corrected chi connectivity index (χ0v) is 14.6. The Morgan fingerprint density at radius 3 is 2.67 bits per heavy atom. The highest BCUT2D eigenvalue weighted by Gasteiger charge is 2.42. The molecule has 2 aliphatic rings. The van der Waals surface area contributed by atoms with Gasteiger partial charge >= 0.3 is 0 Å². The van der Waals surface area contributed by atoms with Crippen molar-refractivity contribution in [3.63, 3.8) is 0 Å². The van der Waals surface area contributed by atoms with Crippen LogP contribution < -0.4 is 5.32 Å². The summed E-state index contributed by atoms with van der Waals surface area (Å²) in [6.07, 6.45) is 4.67. The van der Waals surface area contributed by atoms with Crippen molar-refractivity contribution >= 4 is 17.2 Å². The molecule has 126 valence electrons. The van der Waals surface area contributed by atoms with Crippen molar-refractivity contribution in [3.8, 4) is 10.4 Å². The summed E-state index contributed by atoms with van der Waals surface area (Å²) in [6.45, 7) is 1.36. The number of amides is 1. The third-order valence-corrected chi connectivity index (χ3v) is 6.08. The van der Waals surface area contributed by atoms with Crippen molar-refractivity contribution < 1.29 is 9.53 Å². The zero-order valence-electron chi connectivity index (χ0n) is 13.8. The number of hydrogen-bond acceptors (Lipinski definition) is 3. The molecule has 4 rings (SSSR count). The average Bonchev–Trinajstić information content (AvgIpc) is 3.26. The van der Waals surface area contributed by atoms with Gasteiger partial charge in [-0.2, -0.15) is 0 Å². The second-order valence-electron chi connectivity index (χ2n) is 6.95. The topological polar surface area (TPSA) is 38.3 Å². The predicted octanol–water partition coefficient (Wildman–Crippen LogP) is 4.03. The van der Waals surface area contributed by atoms with Gasteiger partial charge in [-0.1, -0.05) is 30.3 Å². The Balaban J connectivity index is 1.64. The lowest BCUT2D eigenvalue weighted by Gasteiger charge is -2.36. The Kier molecular flexibility index (Phi) is 4.42. The number of carbonyl (C=O) groups is 1. The van der Waals surface area contributed by atoms with Gasteiger partial charge in [0.2, 0.25) is 5.91 Å². The lowest BCUT2D eigenvalue weighted by molar-refractivity contribution is -0.136. The van der Waals surface area contributed by atoms with Crippen LogP contribution >= 0.6 is 11.3 Å². The van der Waals surface area contributed by atoms with E-state index in [1.54, 1.807) is 11.3 Å². The van der Waals surface area contributed by atoms with E-state index in [1.807, 2.05) is 0 Å². The minimum atomic E-state index is -0.325. The smallest absolute Gasteiger partial charge is 0.226 e. The van der Waals surface area contributed by atoms with E-state index in [0.29, 0.717) is 19.3 Å². The van der Waals surface area contributed by atoms with E-state index in [2.05, 4.69) is 47.1 Å².